The first-order valence-electron chi connectivity index (χ1n) is 13.3. The molecule has 36 heavy (non-hydrogen) atoms. The lowest BCUT2D eigenvalue weighted by molar-refractivity contribution is 0.0780. The Bertz CT molecular complexity index is 1210. The predicted molar refractivity (Wildman–Crippen MR) is 146 cm³/mol. The first kappa shape index (κ1) is 24.6. The summed E-state index contributed by atoms with van der Waals surface area (Å²) >= 11 is 0. The summed E-state index contributed by atoms with van der Waals surface area (Å²) in [6.07, 6.45) is 6.13. The third kappa shape index (κ3) is 4.43. The van der Waals surface area contributed by atoms with Gasteiger partial charge in [0.1, 0.15) is 11.3 Å². The second-order valence-electron chi connectivity index (χ2n) is 10.8. The first-order chi connectivity index (χ1) is 17.3. The minimum Gasteiger partial charge on any atom is -0.369 e. The number of hydrogen-bond acceptors (Lipinski definition) is 6. The Kier molecular flexibility index (Phi) is 6.64. The molecule has 8 heteroatoms. The lowest BCUT2D eigenvalue weighted by Crippen LogP contribution is -2.48. The number of amides is 1. The minimum absolute atomic E-state index is 0.00653. The van der Waals surface area contributed by atoms with Crippen LogP contribution in [0.2, 0.25) is 0 Å². The van der Waals surface area contributed by atoms with Crippen LogP contribution >= 0.6 is 0 Å². The zero-order valence-corrected chi connectivity index (χ0v) is 22.3. The highest BCUT2D eigenvalue weighted by Gasteiger charge is 2.41. The molecule has 0 bridgehead atoms. The molecular formula is C28H39N7O. The second kappa shape index (κ2) is 9.73. The highest BCUT2D eigenvalue weighted by Crippen LogP contribution is 2.45. The van der Waals surface area contributed by atoms with Crippen LogP contribution in [0.25, 0.3) is 11.0 Å². The van der Waals surface area contributed by atoms with E-state index in [1.165, 1.54) is 12.1 Å². The lowest BCUT2D eigenvalue weighted by atomic mass is 9.74. The molecule has 1 amide bonds. The summed E-state index contributed by atoms with van der Waals surface area (Å²) < 4.78 is 2.20. The number of fused-ring (bicyclic) bond motifs is 1. The number of nitrogens with one attached hydrogen (secondary N) is 1. The minimum atomic E-state index is -0.0460. The SMILES string of the molecule is CCC1(n2c(C(=O)N(C)C)cc3cnc(Nc4ccc(N5CCN(C(C)C)CC5)cc4)nc32)CCC1. The van der Waals surface area contributed by atoms with E-state index in [0.29, 0.717) is 17.7 Å². The molecule has 0 unspecified atom stereocenters. The molecule has 0 atom stereocenters. The summed E-state index contributed by atoms with van der Waals surface area (Å²) in [5.41, 5.74) is 3.69. The van der Waals surface area contributed by atoms with Crippen molar-refractivity contribution in [2.75, 3.05) is 50.5 Å². The van der Waals surface area contributed by atoms with E-state index in [-0.39, 0.29) is 11.4 Å². The molecule has 1 saturated carbocycles. The molecule has 8 nitrogen and oxygen atoms in total. The van der Waals surface area contributed by atoms with Gasteiger partial charge in [0.2, 0.25) is 5.95 Å². The number of carbonyl (C=O) groups excluding carboxylic acids is 1. The quantitative estimate of drug-likeness (QED) is 0.519. The molecule has 2 aromatic heterocycles. The molecule has 0 spiro atoms. The molecule has 1 saturated heterocycles. The largest absolute Gasteiger partial charge is 0.369 e. The van der Waals surface area contributed by atoms with Crippen LogP contribution in [0.4, 0.5) is 17.3 Å². The van der Waals surface area contributed by atoms with Gasteiger partial charge in [0.15, 0.2) is 0 Å². The van der Waals surface area contributed by atoms with Crippen molar-refractivity contribution in [3.63, 3.8) is 0 Å². The summed E-state index contributed by atoms with van der Waals surface area (Å²) in [6, 6.07) is 11.1. The average Bonchev–Trinajstić information content (AvgIpc) is 3.23. The number of hydrogen-bond donors (Lipinski definition) is 1. The van der Waals surface area contributed by atoms with Crippen molar-refractivity contribution in [1.29, 1.82) is 0 Å². The standard InChI is InChI=1S/C28H39N7O/c1-6-28(12-7-13-28)35-24(26(36)32(4)5)18-21-19-29-27(31-25(21)35)30-22-8-10-23(11-9-22)34-16-14-33(15-17-34)20(2)3/h8-11,18-20H,6-7,12-17H2,1-5H3,(H,29,30,31). The van der Waals surface area contributed by atoms with Crippen LogP contribution in [0.5, 0.6) is 0 Å². The highest BCUT2D eigenvalue weighted by molar-refractivity contribution is 5.98. The Labute approximate surface area is 214 Å². The molecule has 1 N–H and O–H groups in total. The van der Waals surface area contributed by atoms with Crippen molar-refractivity contribution >= 4 is 34.3 Å². The zero-order chi connectivity index (χ0) is 25.4. The van der Waals surface area contributed by atoms with Crippen molar-refractivity contribution < 1.29 is 4.79 Å². The Balaban J connectivity index is 1.39. The number of piperazine rings is 1. The summed E-state index contributed by atoms with van der Waals surface area (Å²) in [7, 11) is 3.60. The van der Waals surface area contributed by atoms with Gasteiger partial charge in [-0.1, -0.05) is 6.92 Å². The number of anilines is 3. The maximum Gasteiger partial charge on any atom is 0.270 e. The van der Waals surface area contributed by atoms with Crippen LogP contribution in [0.15, 0.2) is 36.5 Å². The highest BCUT2D eigenvalue weighted by atomic mass is 16.2. The summed E-state index contributed by atoms with van der Waals surface area (Å²) in [6.45, 7) is 11.0. The van der Waals surface area contributed by atoms with Crippen molar-refractivity contribution in [3.8, 4) is 0 Å². The summed E-state index contributed by atoms with van der Waals surface area (Å²) in [4.78, 5) is 29.2. The van der Waals surface area contributed by atoms with Gasteiger partial charge < -0.3 is 19.7 Å². The number of nitrogens with zero attached hydrogens (tertiary/aromatic N) is 6. The molecule has 2 aliphatic rings. The van der Waals surface area contributed by atoms with Gasteiger partial charge in [-0.25, -0.2) is 4.98 Å². The summed E-state index contributed by atoms with van der Waals surface area (Å²) in [5.74, 6) is 0.557. The van der Waals surface area contributed by atoms with E-state index in [0.717, 1.165) is 62.2 Å². The first-order valence-corrected chi connectivity index (χ1v) is 13.3. The summed E-state index contributed by atoms with van der Waals surface area (Å²) in [5, 5.41) is 4.29. The van der Waals surface area contributed by atoms with Crippen molar-refractivity contribution in [1.82, 2.24) is 24.3 Å². The van der Waals surface area contributed by atoms with Crippen molar-refractivity contribution in [2.45, 2.75) is 58.0 Å². The van der Waals surface area contributed by atoms with Gasteiger partial charge in [0.05, 0.1) is 0 Å². The molecule has 5 rings (SSSR count). The fourth-order valence-electron chi connectivity index (χ4n) is 5.62. The average molecular weight is 490 g/mol. The lowest BCUT2D eigenvalue weighted by Gasteiger charge is -2.44. The van der Waals surface area contributed by atoms with Crippen molar-refractivity contribution in [2.24, 2.45) is 0 Å². The van der Waals surface area contributed by atoms with Crippen LogP contribution < -0.4 is 10.2 Å². The van der Waals surface area contributed by atoms with Crippen LogP contribution in [-0.4, -0.2) is 76.6 Å². The smallest absolute Gasteiger partial charge is 0.270 e. The van der Waals surface area contributed by atoms with E-state index >= 15 is 0 Å². The molecule has 0 radical (unpaired) electrons. The monoisotopic (exact) mass is 489 g/mol. The predicted octanol–water partition coefficient (Wildman–Crippen LogP) is 4.70. The van der Waals surface area contributed by atoms with Crippen molar-refractivity contribution in [3.05, 3.63) is 42.2 Å². The molecule has 3 aromatic rings. The molecule has 1 aromatic carbocycles. The zero-order valence-electron chi connectivity index (χ0n) is 22.3. The van der Waals surface area contributed by atoms with Gasteiger partial charge in [-0.05, 0) is 69.9 Å². The van der Waals surface area contributed by atoms with Crippen LogP contribution in [0.3, 0.4) is 0 Å². The Morgan fingerprint density at radius 3 is 2.36 bits per heavy atom. The topological polar surface area (TPSA) is 69.5 Å². The van der Waals surface area contributed by atoms with E-state index in [1.807, 2.05) is 12.3 Å². The number of rotatable bonds is 7. The van der Waals surface area contributed by atoms with E-state index in [1.54, 1.807) is 19.0 Å². The second-order valence-corrected chi connectivity index (χ2v) is 10.8. The maximum atomic E-state index is 13.1. The molecule has 192 valence electrons. The van der Waals surface area contributed by atoms with Crippen LogP contribution in [-0.2, 0) is 5.54 Å². The van der Waals surface area contributed by atoms with Crippen LogP contribution in [0, 0.1) is 0 Å². The van der Waals surface area contributed by atoms with Gasteiger partial charge in [-0.3, -0.25) is 9.69 Å². The van der Waals surface area contributed by atoms with Crippen LogP contribution in [0.1, 0.15) is 56.9 Å². The molecule has 2 fully saturated rings. The van der Waals surface area contributed by atoms with E-state index in [9.17, 15) is 4.79 Å². The molecule has 1 aliphatic heterocycles. The van der Waals surface area contributed by atoms with Gasteiger partial charge in [-0.2, -0.15) is 4.98 Å². The number of aromatic nitrogens is 3. The van der Waals surface area contributed by atoms with E-state index < -0.39 is 0 Å². The van der Waals surface area contributed by atoms with E-state index in [2.05, 4.69) is 69.7 Å². The maximum absolute atomic E-state index is 13.1. The number of benzene rings is 1. The Morgan fingerprint density at radius 1 is 1.11 bits per heavy atom. The third-order valence-corrected chi connectivity index (χ3v) is 8.12. The number of carbonyl (C=O) groups is 1. The van der Waals surface area contributed by atoms with E-state index in [4.69, 9.17) is 4.98 Å². The Hall–Kier alpha value is -3.13. The van der Waals surface area contributed by atoms with Gasteiger partial charge >= 0.3 is 0 Å². The molecule has 1 aliphatic carbocycles. The van der Waals surface area contributed by atoms with Gasteiger partial charge in [0.25, 0.3) is 5.91 Å². The Morgan fingerprint density at radius 2 is 1.81 bits per heavy atom. The normalized spacial score (nSPS) is 17.9. The van der Waals surface area contributed by atoms with Gasteiger partial charge in [-0.15, -0.1) is 0 Å². The molecular weight excluding hydrogens is 450 g/mol. The fourth-order valence-corrected chi connectivity index (χ4v) is 5.62. The third-order valence-electron chi connectivity index (χ3n) is 8.12. The van der Waals surface area contributed by atoms with Gasteiger partial charge in [0, 0.05) is 74.8 Å². The molecule has 3 heterocycles. The fraction of sp³-hybridized carbons (Fsp3) is 0.536.